The molecule has 1 aliphatic heterocycles. The number of nitrogens with zero attached hydrogens (tertiary/aromatic N) is 3. The van der Waals surface area contributed by atoms with Gasteiger partial charge < -0.3 is 13.9 Å². The molecule has 34 heavy (non-hydrogen) atoms. The number of benzene rings is 2. The molecule has 3 heterocycles. The van der Waals surface area contributed by atoms with Gasteiger partial charge >= 0.3 is 0 Å². The van der Waals surface area contributed by atoms with Crippen LogP contribution in [0.3, 0.4) is 0 Å². The highest BCUT2D eigenvalue weighted by atomic mass is 35.5. The predicted octanol–water partition coefficient (Wildman–Crippen LogP) is 4.94. The first-order chi connectivity index (χ1) is 16.4. The Morgan fingerprint density at radius 1 is 1.15 bits per heavy atom. The minimum atomic E-state index is -0.856. The Bertz CT molecular complexity index is 1510. The molecule has 0 aliphatic carbocycles. The molecule has 1 amide bonds. The van der Waals surface area contributed by atoms with Gasteiger partial charge in [0.05, 0.1) is 25.2 Å². The minimum absolute atomic E-state index is 0.0395. The highest BCUT2D eigenvalue weighted by molar-refractivity contribution is 7.15. The van der Waals surface area contributed by atoms with Crippen molar-refractivity contribution in [2.24, 2.45) is 0 Å². The molecular formula is C24H20ClN3O5S. The summed E-state index contributed by atoms with van der Waals surface area (Å²) in [6, 6.07) is 7.60. The Balaban J connectivity index is 1.85. The molecule has 0 spiro atoms. The van der Waals surface area contributed by atoms with Crippen molar-refractivity contribution in [2.45, 2.75) is 26.3 Å². The number of aryl methyl sites for hydroxylation is 2. The van der Waals surface area contributed by atoms with E-state index in [2.05, 4.69) is 10.2 Å². The number of anilines is 1. The third kappa shape index (κ3) is 3.35. The summed E-state index contributed by atoms with van der Waals surface area (Å²) >= 11 is 7.60. The van der Waals surface area contributed by atoms with Crippen LogP contribution < -0.4 is 19.8 Å². The maximum absolute atomic E-state index is 13.8. The van der Waals surface area contributed by atoms with Crippen molar-refractivity contribution < 1.29 is 18.7 Å². The molecule has 0 fully saturated rings. The average Bonchev–Trinajstić information content (AvgIpc) is 3.42. The maximum atomic E-state index is 13.8. The second kappa shape index (κ2) is 8.41. The van der Waals surface area contributed by atoms with E-state index in [1.807, 2.05) is 6.92 Å². The summed E-state index contributed by atoms with van der Waals surface area (Å²) in [7, 11) is 3.07. The summed E-state index contributed by atoms with van der Waals surface area (Å²) in [4.78, 5) is 29.0. The van der Waals surface area contributed by atoms with Crippen molar-refractivity contribution in [3.63, 3.8) is 0 Å². The molecule has 8 nitrogen and oxygen atoms in total. The van der Waals surface area contributed by atoms with Crippen LogP contribution in [-0.4, -0.2) is 30.3 Å². The zero-order chi connectivity index (χ0) is 24.1. The van der Waals surface area contributed by atoms with Gasteiger partial charge in [-0.2, -0.15) is 0 Å². The van der Waals surface area contributed by atoms with Gasteiger partial charge in [-0.15, -0.1) is 10.2 Å². The number of hydrogen-bond donors (Lipinski definition) is 0. The van der Waals surface area contributed by atoms with Crippen molar-refractivity contribution in [3.05, 3.63) is 73.0 Å². The molecule has 5 rings (SSSR count). The van der Waals surface area contributed by atoms with Crippen LogP contribution in [0.1, 0.15) is 45.2 Å². The van der Waals surface area contributed by atoms with Gasteiger partial charge in [-0.05, 0) is 49.2 Å². The van der Waals surface area contributed by atoms with Crippen LogP contribution in [0, 0.1) is 6.92 Å². The smallest absolute Gasteiger partial charge is 0.297 e. The molecule has 174 valence electrons. The average molecular weight is 498 g/mol. The second-order valence-electron chi connectivity index (χ2n) is 7.79. The van der Waals surface area contributed by atoms with Gasteiger partial charge in [0.15, 0.2) is 5.43 Å². The molecule has 0 radical (unpaired) electrons. The Morgan fingerprint density at radius 3 is 2.62 bits per heavy atom. The molecule has 2 aromatic carbocycles. The van der Waals surface area contributed by atoms with Gasteiger partial charge in [-0.1, -0.05) is 29.9 Å². The highest BCUT2D eigenvalue weighted by Crippen LogP contribution is 2.45. The molecule has 0 N–H and O–H groups in total. The molecular weight excluding hydrogens is 478 g/mol. The number of halogens is 1. The van der Waals surface area contributed by atoms with Crippen LogP contribution >= 0.6 is 22.9 Å². The van der Waals surface area contributed by atoms with Crippen molar-refractivity contribution in [1.29, 1.82) is 0 Å². The third-order valence-corrected chi connectivity index (χ3v) is 7.32. The number of amides is 1. The quantitative estimate of drug-likeness (QED) is 0.385. The summed E-state index contributed by atoms with van der Waals surface area (Å²) in [5.74, 6) is 0.516. The Morgan fingerprint density at radius 2 is 1.94 bits per heavy atom. The first-order valence-corrected chi connectivity index (χ1v) is 11.7. The van der Waals surface area contributed by atoms with E-state index in [0.717, 1.165) is 10.6 Å². The monoisotopic (exact) mass is 497 g/mol. The molecule has 1 unspecified atom stereocenters. The summed E-state index contributed by atoms with van der Waals surface area (Å²) in [6.07, 6.45) is 0.665. The largest absolute Gasteiger partial charge is 0.497 e. The number of aromatic nitrogens is 2. The summed E-state index contributed by atoms with van der Waals surface area (Å²) in [5.41, 5.74) is 1.44. The van der Waals surface area contributed by atoms with Crippen LogP contribution in [0.25, 0.3) is 11.0 Å². The van der Waals surface area contributed by atoms with Crippen molar-refractivity contribution in [1.82, 2.24) is 10.2 Å². The topological polar surface area (TPSA) is 94.8 Å². The first-order valence-electron chi connectivity index (χ1n) is 10.5. The number of ether oxygens (including phenoxy) is 2. The summed E-state index contributed by atoms with van der Waals surface area (Å²) < 4.78 is 17.1. The Kier molecular flexibility index (Phi) is 5.53. The number of carbonyl (C=O) groups is 1. The molecule has 0 saturated carbocycles. The fourth-order valence-corrected chi connectivity index (χ4v) is 5.09. The Hall–Kier alpha value is -3.43. The lowest BCUT2D eigenvalue weighted by atomic mass is 9.97. The molecule has 1 atom stereocenters. The van der Waals surface area contributed by atoms with E-state index in [0.29, 0.717) is 44.6 Å². The van der Waals surface area contributed by atoms with Crippen LogP contribution in [0.4, 0.5) is 5.13 Å². The van der Waals surface area contributed by atoms with E-state index in [9.17, 15) is 9.59 Å². The summed E-state index contributed by atoms with van der Waals surface area (Å²) in [6.45, 7) is 3.76. The molecule has 10 heteroatoms. The van der Waals surface area contributed by atoms with Gasteiger partial charge in [-0.3, -0.25) is 14.5 Å². The lowest BCUT2D eigenvalue weighted by molar-refractivity contribution is 0.0970. The molecule has 4 aromatic rings. The number of methoxy groups -OCH3 is 2. The van der Waals surface area contributed by atoms with Gasteiger partial charge in [-0.25, -0.2) is 0 Å². The van der Waals surface area contributed by atoms with E-state index in [1.165, 1.54) is 23.3 Å². The lowest BCUT2D eigenvalue weighted by Crippen LogP contribution is -2.29. The van der Waals surface area contributed by atoms with Crippen molar-refractivity contribution in [3.8, 4) is 11.5 Å². The minimum Gasteiger partial charge on any atom is -0.497 e. The van der Waals surface area contributed by atoms with Crippen LogP contribution in [-0.2, 0) is 6.42 Å². The predicted molar refractivity (Wildman–Crippen MR) is 130 cm³/mol. The molecule has 2 aromatic heterocycles. The SMILES string of the molecule is CCc1nnc(N2C(=O)c3oc4cc(C)c(Cl)cc4c(=O)c3C2c2cc(OC)ccc2OC)s1. The Labute approximate surface area is 203 Å². The van der Waals surface area contributed by atoms with E-state index in [-0.39, 0.29) is 16.8 Å². The fourth-order valence-electron chi connectivity index (χ4n) is 4.12. The van der Waals surface area contributed by atoms with Gasteiger partial charge in [0.1, 0.15) is 28.1 Å². The molecule has 0 bridgehead atoms. The van der Waals surface area contributed by atoms with E-state index in [4.69, 9.17) is 25.5 Å². The first kappa shape index (κ1) is 22.4. The van der Waals surface area contributed by atoms with Gasteiger partial charge in [0.2, 0.25) is 10.9 Å². The van der Waals surface area contributed by atoms with E-state index in [1.54, 1.807) is 44.4 Å². The number of fused-ring (bicyclic) bond motifs is 2. The lowest BCUT2D eigenvalue weighted by Gasteiger charge is -2.24. The fraction of sp³-hybridized carbons (Fsp3) is 0.250. The van der Waals surface area contributed by atoms with Crippen LogP contribution in [0.2, 0.25) is 5.02 Å². The molecule has 0 saturated heterocycles. The van der Waals surface area contributed by atoms with E-state index >= 15 is 0 Å². The number of rotatable bonds is 5. The number of carbonyl (C=O) groups excluding carboxylic acids is 1. The van der Waals surface area contributed by atoms with Gasteiger partial charge in [0, 0.05) is 10.6 Å². The number of hydrogen-bond acceptors (Lipinski definition) is 8. The van der Waals surface area contributed by atoms with E-state index < -0.39 is 11.9 Å². The van der Waals surface area contributed by atoms with Gasteiger partial charge in [0.25, 0.3) is 5.91 Å². The van der Waals surface area contributed by atoms with Crippen LogP contribution in [0.5, 0.6) is 11.5 Å². The zero-order valence-corrected chi connectivity index (χ0v) is 20.4. The standard InChI is InChI=1S/C24H20ClN3O5S/c1-5-18-26-27-24(34-18)28-20(13-9-12(31-3)6-7-16(13)32-4)19-21(29)14-10-15(25)11(2)8-17(14)33-22(19)23(28)30/h6-10,20H,5H2,1-4H3. The zero-order valence-electron chi connectivity index (χ0n) is 18.8. The van der Waals surface area contributed by atoms with Crippen molar-refractivity contribution in [2.75, 3.05) is 19.1 Å². The third-order valence-electron chi connectivity index (χ3n) is 5.85. The maximum Gasteiger partial charge on any atom is 0.297 e. The molecule has 1 aliphatic rings. The summed E-state index contributed by atoms with van der Waals surface area (Å²) in [5, 5.41) is 10.3. The van der Waals surface area contributed by atoms with Crippen molar-refractivity contribution >= 4 is 44.9 Å². The second-order valence-corrected chi connectivity index (χ2v) is 9.24. The normalized spacial score (nSPS) is 15.1. The highest BCUT2D eigenvalue weighted by Gasteiger charge is 2.46. The van der Waals surface area contributed by atoms with Crippen LogP contribution in [0.15, 0.2) is 39.5 Å².